The van der Waals surface area contributed by atoms with Crippen molar-refractivity contribution in [2.45, 2.75) is 23.9 Å². The molecule has 4 rings (SSSR count). The van der Waals surface area contributed by atoms with E-state index in [-0.39, 0.29) is 11.9 Å². The summed E-state index contributed by atoms with van der Waals surface area (Å²) < 4.78 is 25.6. The van der Waals surface area contributed by atoms with Gasteiger partial charge >= 0.3 is 0 Å². The Morgan fingerprint density at radius 1 is 1.07 bits per heavy atom. The highest BCUT2D eigenvalue weighted by molar-refractivity contribution is 7.79. The van der Waals surface area contributed by atoms with Crippen LogP contribution in [0.4, 0.5) is 5.69 Å². The summed E-state index contributed by atoms with van der Waals surface area (Å²) in [6.07, 6.45) is 0.808. The molecule has 0 spiro atoms. The summed E-state index contributed by atoms with van der Waals surface area (Å²) in [6.45, 7) is 5.16. The van der Waals surface area contributed by atoms with Gasteiger partial charge in [-0.25, -0.2) is 4.21 Å². The fraction of sp³-hybridized carbons (Fsp3) is 0.409. The first-order valence-electron chi connectivity index (χ1n) is 10.2. The van der Waals surface area contributed by atoms with Gasteiger partial charge < -0.3 is 14.2 Å². The molecule has 1 N–H and O–H groups in total. The van der Waals surface area contributed by atoms with Gasteiger partial charge in [0.05, 0.1) is 18.0 Å². The van der Waals surface area contributed by atoms with Gasteiger partial charge in [-0.05, 0) is 48.4 Å². The largest absolute Gasteiger partial charge is 0.497 e. The number of hydrogen-bond donors (Lipinski definition) is 1. The van der Waals surface area contributed by atoms with E-state index in [1.807, 2.05) is 12.1 Å². The number of amides is 1. The molecule has 2 saturated heterocycles. The van der Waals surface area contributed by atoms with E-state index < -0.39 is 11.1 Å². The van der Waals surface area contributed by atoms with Gasteiger partial charge in [-0.1, -0.05) is 12.1 Å². The van der Waals surface area contributed by atoms with Crippen LogP contribution in [-0.4, -0.2) is 70.3 Å². The number of hydrogen-bond acceptors (Lipinski definition) is 5. The van der Waals surface area contributed by atoms with Crippen molar-refractivity contribution in [1.82, 2.24) is 9.80 Å². The second-order valence-corrected chi connectivity index (χ2v) is 8.67. The maximum Gasteiger partial charge on any atom is 0.244 e. The zero-order chi connectivity index (χ0) is 21.1. The fourth-order valence-electron chi connectivity index (χ4n) is 4.26. The molecular weight excluding hydrogens is 402 g/mol. The maximum absolute atomic E-state index is 13.0. The molecule has 1 amide bonds. The highest BCUT2D eigenvalue weighted by atomic mass is 32.2. The van der Waals surface area contributed by atoms with E-state index in [1.165, 1.54) is 5.56 Å². The molecule has 0 radical (unpaired) electrons. The summed E-state index contributed by atoms with van der Waals surface area (Å²) in [7, 11) is 1.68. The molecule has 8 heteroatoms. The van der Waals surface area contributed by atoms with Gasteiger partial charge in [0.1, 0.15) is 5.75 Å². The van der Waals surface area contributed by atoms with E-state index >= 15 is 0 Å². The standard InChI is InChI=1S/C22H27N3O4S/c1-29-19-4-2-3-17(15-19)16-23-11-13-24(14-12-23)21-9-10-25(22(21)26)18-5-7-20(8-6-18)30(27)28/h2-8,15,21H,9-14,16H2,1H3,(H,27,28). The van der Waals surface area contributed by atoms with E-state index in [1.54, 1.807) is 36.3 Å². The lowest BCUT2D eigenvalue weighted by Crippen LogP contribution is -2.52. The van der Waals surface area contributed by atoms with Crippen LogP contribution in [0.25, 0.3) is 0 Å². The highest BCUT2D eigenvalue weighted by Gasteiger charge is 2.37. The predicted octanol–water partition coefficient (Wildman–Crippen LogP) is 2.20. The highest BCUT2D eigenvalue weighted by Crippen LogP contribution is 2.26. The van der Waals surface area contributed by atoms with E-state index in [9.17, 15) is 9.00 Å². The van der Waals surface area contributed by atoms with Crippen molar-refractivity contribution in [3.63, 3.8) is 0 Å². The number of anilines is 1. The molecule has 0 aromatic heterocycles. The van der Waals surface area contributed by atoms with Crippen LogP contribution < -0.4 is 9.64 Å². The van der Waals surface area contributed by atoms with Crippen LogP contribution in [0.2, 0.25) is 0 Å². The number of rotatable bonds is 6. The SMILES string of the molecule is COc1cccc(CN2CCN(C3CCN(c4ccc(S(=O)O)cc4)C3=O)CC2)c1. The average molecular weight is 430 g/mol. The monoisotopic (exact) mass is 429 g/mol. The number of carbonyl (C=O) groups excluding carboxylic acids is 1. The van der Waals surface area contributed by atoms with Gasteiger partial charge in [0.15, 0.2) is 11.1 Å². The molecule has 0 aliphatic carbocycles. The third-order valence-corrected chi connectivity index (χ3v) is 6.59. The molecule has 2 aliphatic heterocycles. The predicted molar refractivity (Wildman–Crippen MR) is 116 cm³/mol. The van der Waals surface area contributed by atoms with E-state index in [2.05, 4.69) is 21.9 Å². The molecule has 7 nitrogen and oxygen atoms in total. The Hall–Kier alpha value is -2.26. The first-order valence-corrected chi connectivity index (χ1v) is 11.3. The molecule has 0 saturated carbocycles. The Kier molecular flexibility index (Phi) is 6.48. The normalized spacial score (nSPS) is 21.7. The molecule has 160 valence electrons. The lowest BCUT2D eigenvalue weighted by atomic mass is 10.1. The molecule has 2 heterocycles. The number of ether oxygens (including phenoxy) is 1. The summed E-state index contributed by atoms with van der Waals surface area (Å²) >= 11 is -2.00. The molecule has 2 aromatic rings. The second kappa shape index (κ2) is 9.26. The lowest BCUT2D eigenvalue weighted by molar-refractivity contribution is -0.122. The smallest absolute Gasteiger partial charge is 0.244 e. The van der Waals surface area contributed by atoms with Gasteiger partial charge in [-0.2, -0.15) is 0 Å². The molecule has 2 unspecified atom stereocenters. The number of methoxy groups -OCH3 is 1. The first-order chi connectivity index (χ1) is 14.5. The Balaban J connectivity index is 1.32. The minimum atomic E-state index is -2.00. The molecule has 2 aromatic carbocycles. The number of carbonyl (C=O) groups is 1. The van der Waals surface area contributed by atoms with E-state index in [0.717, 1.165) is 50.6 Å². The van der Waals surface area contributed by atoms with Gasteiger partial charge in [-0.3, -0.25) is 14.6 Å². The number of piperazine rings is 1. The lowest BCUT2D eigenvalue weighted by Gasteiger charge is -2.37. The van der Waals surface area contributed by atoms with Gasteiger partial charge in [0.2, 0.25) is 5.91 Å². The zero-order valence-electron chi connectivity index (χ0n) is 17.1. The third-order valence-electron chi connectivity index (χ3n) is 5.92. The quantitative estimate of drug-likeness (QED) is 0.710. The van der Waals surface area contributed by atoms with Gasteiger partial charge in [0, 0.05) is 45.0 Å². The number of benzene rings is 2. The molecular formula is C22H27N3O4S. The van der Waals surface area contributed by atoms with Crippen molar-refractivity contribution in [3.8, 4) is 5.75 Å². The van der Waals surface area contributed by atoms with Crippen molar-refractivity contribution in [2.24, 2.45) is 0 Å². The van der Waals surface area contributed by atoms with Crippen LogP contribution in [0.1, 0.15) is 12.0 Å². The summed E-state index contributed by atoms with van der Waals surface area (Å²) in [6, 6.07) is 14.8. The Labute approximate surface area is 179 Å². The Morgan fingerprint density at radius 3 is 2.47 bits per heavy atom. The van der Waals surface area contributed by atoms with Crippen LogP contribution in [-0.2, 0) is 22.4 Å². The van der Waals surface area contributed by atoms with Crippen molar-refractivity contribution in [2.75, 3.05) is 44.7 Å². The second-order valence-electron chi connectivity index (χ2n) is 7.70. The summed E-state index contributed by atoms with van der Waals surface area (Å²) in [4.78, 5) is 19.9. The molecule has 2 fully saturated rings. The first kappa shape index (κ1) is 21.0. The van der Waals surface area contributed by atoms with Gasteiger partial charge in [-0.15, -0.1) is 0 Å². The molecule has 30 heavy (non-hydrogen) atoms. The van der Waals surface area contributed by atoms with Crippen LogP contribution in [0.5, 0.6) is 5.75 Å². The van der Waals surface area contributed by atoms with Crippen molar-refractivity contribution in [3.05, 3.63) is 54.1 Å². The minimum absolute atomic E-state index is 0.0874. The summed E-state index contributed by atoms with van der Waals surface area (Å²) in [5, 5.41) is 0. The van der Waals surface area contributed by atoms with Crippen LogP contribution in [0.3, 0.4) is 0 Å². The van der Waals surface area contributed by atoms with Gasteiger partial charge in [0.25, 0.3) is 0 Å². The average Bonchev–Trinajstić information content (AvgIpc) is 3.16. The summed E-state index contributed by atoms with van der Waals surface area (Å²) in [5.41, 5.74) is 2.02. The van der Waals surface area contributed by atoms with Crippen LogP contribution in [0.15, 0.2) is 53.4 Å². The fourth-order valence-corrected chi connectivity index (χ4v) is 4.63. The molecule has 0 bridgehead atoms. The van der Waals surface area contributed by atoms with E-state index in [4.69, 9.17) is 9.29 Å². The summed E-state index contributed by atoms with van der Waals surface area (Å²) in [5.74, 6) is 0.996. The van der Waals surface area contributed by atoms with Crippen LogP contribution in [0, 0.1) is 0 Å². The van der Waals surface area contributed by atoms with Crippen molar-refractivity contribution >= 4 is 22.7 Å². The minimum Gasteiger partial charge on any atom is -0.497 e. The topological polar surface area (TPSA) is 73.3 Å². The molecule has 2 aliphatic rings. The zero-order valence-corrected chi connectivity index (χ0v) is 17.9. The Bertz CT molecular complexity index is 913. The Morgan fingerprint density at radius 2 is 1.80 bits per heavy atom. The number of nitrogens with zero attached hydrogens (tertiary/aromatic N) is 3. The van der Waals surface area contributed by atoms with Crippen molar-refractivity contribution in [1.29, 1.82) is 0 Å². The van der Waals surface area contributed by atoms with Crippen LogP contribution >= 0.6 is 0 Å². The molecule has 2 atom stereocenters. The third kappa shape index (κ3) is 4.57. The van der Waals surface area contributed by atoms with E-state index in [0.29, 0.717) is 11.4 Å². The van der Waals surface area contributed by atoms with Crippen molar-refractivity contribution < 1.29 is 18.3 Å². The maximum atomic E-state index is 13.0.